The van der Waals surface area contributed by atoms with Crippen molar-refractivity contribution in [2.75, 3.05) is 6.54 Å². The number of likely N-dealkylation sites (tertiary alicyclic amines) is 1. The summed E-state index contributed by atoms with van der Waals surface area (Å²) >= 11 is 0. The molecule has 0 bridgehead atoms. The minimum absolute atomic E-state index is 0.0425. The second-order valence-electron chi connectivity index (χ2n) is 5.05. The van der Waals surface area contributed by atoms with E-state index < -0.39 is 0 Å². The molecule has 1 fully saturated rings. The lowest BCUT2D eigenvalue weighted by Gasteiger charge is -2.23. The number of hydrogen-bond acceptors (Lipinski definition) is 3. The van der Waals surface area contributed by atoms with E-state index in [4.69, 9.17) is 4.42 Å². The van der Waals surface area contributed by atoms with Gasteiger partial charge in [0, 0.05) is 13.5 Å². The number of hydrogen-bond donors (Lipinski definition) is 1. The van der Waals surface area contributed by atoms with Gasteiger partial charge in [0.1, 0.15) is 17.6 Å². The minimum Gasteiger partial charge on any atom is -0.464 e. The molecule has 2 unspecified atom stereocenters. The van der Waals surface area contributed by atoms with E-state index in [0.717, 1.165) is 24.4 Å². The third kappa shape index (κ3) is 2.97. The quantitative estimate of drug-likeness (QED) is 0.905. The number of nitrogens with one attached hydrogen (secondary N) is 1. The first kappa shape index (κ1) is 13.6. The van der Waals surface area contributed by atoms with Crippen LogP contribution in [0, 0.1) is 6.92 Å². The van der Waals surface area contributed by atoms with Crippen LogP contribution in [0.1, 0.15) is 44.3 Å². The Labute approximate surface area is 113 Å². The lowest BCUT2D eigenvalue weighted by molar-refractivity contribution is -0.137. The second-order valence-corrected chi connectivity index (χ2v) is 5.05. The second kappa shape index (κ2) is 5.47. The highest BCUT2D eigenvalue weighted by molar-refractivity contribution is 5.87. The zero-order valence-corrected chi connectivity index (χ0v) is 11.6. The highest BCUT2D eigenvalue weighted by Gasteiger charge is 2.33. The van der Waals surface area contributed by atoms with Gasteiger partial charge in [-0.25, -0.2) is 0 Å². The summed E-state index contributed by atoms with van der Waals surface area (Å²) in [6, 6.07) is 3.21. The molecule has 0 saturated carbocycles. The molecule has 5 heteroatoms. The van der Waals surface area contributed by atoms with Gasteiger partial charge in [0.2, 0.25) is 11.8 Å². The van der Waals surface area contributed by atoms with Gasteiger partial charge in [-0.15, -0.1) is 0 Å². The molecule has 1 aliphatic rings. The number of rotatable bonds is 3. The number of carbonyl (C=O) groups excluding carboxylic acids is 2. The van der Waals surface area contributed by atoms with E-state index in [-0.39, 0.29) is 23.9 Å². The minimum atomic E-state index is -0.337. The number of carbonyl (C=O) groups is 2. The Bertz CT molecular complexity index is 481. The molecular weight excluding hydrogens is 244 g/mol. The number of amides is 2. The van der Waals surface area contributed by atoms with Gasteiger partial charge in [-0.2, -0.15) is 0 Å². The molecule has 1 aliphatic heterocycles. The van der Waals surface area contributed by atoms with Crippen molar-refractivity contribution in [3.05, 3.63) is 23.7 Å². The molecule has 2 amide bonds. The smallest absolute Gasteiger partial charge is 0.243 e. The normalized spacial score (nSPS) is 20.4. The molecular formula is C14H20N2O3. The van der Waals surface area contributed by atoms with Crippen LogP contribution in [0.2, 0.25) is 0 Å². The maximum Gasteiger partial charge on any atom is 0.243 e. The van der Waals surface area contributed by atoms with Gasteiger partial charge < -0.3 is 14.6 Å². The summed E-state index contributed by atoms with van der Waals surface area (Å²) in [7, 11) is 0. The fourth-order valence-corrected chi connectivity index (χ4v) is 2.48. The maximum absolute atomic E-state index is 12.2. The molecule has 1 aromatic heterocycles. The summed E-state index contributed by atoms with van der Waals surface area (Å²) in [5.41, 5.74) is 0. The fraction of sp³-hybridized carbons (Fsp3) is 0.571. The van der Waals surface area contributed by atoms with Crippen molar-refractivity contribution in [2.45, 2.75) is 45.7 Å². The van der Waals surface area contributed by atoms with Crippen molar-refractivity contribution in [1.29, 1.82) is 0 Å². The van der Waals surface area contributed by atoms with Crippen LogP contribution in [-0.4, -0.2) is 29.3 Å². The third-order valence-corrected chi connectivity index (χ3v) is 3.51. The van der Waals surface area contributed by atoms with Gasteiger partial charge in [-0.3, -0.25) is 9.59 Å². The molecule has 0 spiro atoms. The van der Waals surface area contributed by atoms with Gasteiger partial charge in [0.25, 0.3) is 0 Å². The summed E-state index contributed by atoms with van der Waals surface area (Å²) in [5.74, 6) is 1.41. The molecule has 2 rings (SSSR count). The molecule has 1 N–H and O–H groups in total. The van der Waals surface area contributed by atoms with E-state index in [1.165, 1.54) is 6.92 Å². The van der Waals surface area contributed by atoms with Crippen molar-refractivity contribution in [2.24, 2.45) is 0 Å². The molecule has 2 heterocycles. The van der Waals surface area contributed by atoms with Crippen LogP contribution in [0.25, 0.3) is 0 Å². The van der Waals surface area contributed by atoms with Crippen LogP contribution in [0.5, 0.6) is 0 Å². The van der Waals surface area contributed by atoms with E-state index in [0.29, 0.717) is 6.54 Å². The summed E-state index contributed by atoms with van der Waals surface area (Å²) in [5, 5.41) is 2.91. The maximum atomic E-state index is 12.2. The van der Waals surface area contributed by atoms with Crippen molar-refractivity contribution in [3.63, 3.8) is 0 Å². The lowest BCUT2D eigenvalue weighted by atomic mass is 10.1. The molecule has 104 valence electrons. The molecule has 5 nitrogen and oxygen atoms in total. The standard InChI is InChI=1S/C14H20N2O3/c1-9-6-7-13(19-9)10(2)15-14(18)12-5-4-8-16(12)11(3)17/h6-7,10,12H,4-5,8H2,1-3H3,(H,15,18). The SMILES string of the molecule is CC(=O)N1CCCC1C(=O)NC(C)c1ccc(C)o1. The molecule has 1 saturated heterocycles. The molecule has 19 heavy (non-hydrogen) atoms. The Balaban J connectivity index is 1.99. The summed E-state index contributed by atoms with van der Waals surface area (Å²) in [6.45, 7) is 5.92. The Morgan fingerprint density at radius 3 is 2.79 bits per heavy atom. The Kier molecular flexibility index (Phi) is 3.93. The van der Waals surface area contributed by atoms with Gasteiger partial charge in [0.15, 0.2) is 0 Å². The average Bonchev–Trinajstić information content (AvgIpc) is 2.96. The Morgan fingerprint density at radius 1 is 1.47 bits per heavy atom. The summed E-state index contributed by atoms with van der Waals surface area (Å²) in [4.78, 5) is 25.3. The highest BCUT2D eigenvalue weighted by Crippen LogP contribution is 2.20. The number of nitrogens with zero attached hydrogens (tertiary/aromatic N) is 1. The first-order valence-corrected chi connectivity index (χ1v) is 6.63. The van der Waals surface area contributed by atoms with Crippen molar-refractivity contribution in [1.82, 2.24) is 10.2 Å². The van der Waals surface area contributed by atoms with E-state index in [1.54, 1.807) is 4.90 Å². The van der Waals surface area contributed by atoms with E-state index in [2.05, 4.69) is 5.32 Å². The molecule has 0 aliphatic carbocycles. The average molecular weight is 264 g/mol. The van der Waals surface area contributed by atoms with Gasteiger partial charge >= 0.3 is 0 Å². The van der Waals surface area contributed by atoms with Crippen molar-refractivity contribution in [3.8, 4) is 0 Å². The fourth-order valence-electron chi connectivity index (χ4n) is 2.48. The largest absolute Gasteiger partial charge is 0.464 e. The monoisotopic (exact) mass is 264 g/mol. The van der Waals surface area contributed by atoms with Gasteiger partial charge in [0.05, 0.1) is 6.04 Å². The zero-order chi connectivity index (χ0) is 14.0. The molecule has 0 radical (unpaired) electrons. The third-order valence-electron chi connectivity index (χ3n) is 3.51. The van der Waals surface area contributed by atoms with Crippen LogP contribution in [0.15, 0.2) is 16.5 Å². The first-order chi connectivity index (χ1) is 8.99. The predicted octanol–water partition coefficient (Wildman–Crippen LogP) is 1.78. The lowest BCUT2D eigenvalue weighted by Crippen LogP contribution is -2.45. The molecule has 1 aromatic rings. The topological polar surface area (TPSA) is 62.6 Å². The van der Waals surface area contributed by atoms with Crippen molar-refractivity contribution < 1.29 is 14.0 Å². The van der Waals surface area contributed by atoms with E-state index in [1.807, 2.05) is 26.0 Å². The van der Waals surface area contributed by atoms with Gasteiger partial charge in [-0.1, -0.05) is 0 Å². The summed E-state index contributed by atoms with van der Waals surface area (Å²) in [6.07, 6.45) is 1.61. The predicted molar refractivity (Wildman–Crippen MR) is 70.4 cm³/mol. The molecule has 0 aromatic carbocycles. The molecule has 2 atom stereocenters. The first-order valence-electron chi connectivity index (χ1n) is 6.63. The zero-order valence-electron chi connectivity index (χ0n) is 11.6. The van der Waals surface area contributed by atoms with Crippen LogP contribution in [0.4, 0.5) is 0 Å². The van der Waals surface area contributed by atoms with Crippen LogP contribution in [0.3, 0.4) is 0 Å². The highest BCUT2D eigenvalue weighted by atomic mass is 16.3. The number of furan rings is 1. The van der Waals surface area contributed by atoms with E-state index in [9.17, 15) is 9.59 Å². The Hall–Kier alpha value is -1.78. The van der Waals surface area contributed by atoms with Crippen LogP contribution < -0.4 is 5.32 Å². The van der Waals surface area contributed by atoms with Crippen LogP contribution >= 0.6 is 0 Å². The summed E-state index contributed by atoms with van der Waals surface area (Å²) < 4.78 is 5.49. The Morgan fingerprint density at radius 2 is 2.21 bits per heavy atom. The van der Waals surface area contributed by atoms with E-state index >= 15 is 0 Å². The van der Waals surface area contributed by atoms with Gasteiger partial charge in [-0.05, 0) is 38.8 Å². The van der Waals surface area contributed by atoms with Crippen molar-refractivity contribution >= 4 is 11.8 Å². The number of aryl methyl sites for hydroxylation is 1. The van der Waals surface area contributed by atoms with Crippen LogP contribution in [-0.2, 0) is 9.59 Å².